The molecule has 1 aliphatic heterocycles. The second-order valence-electron chi connectivity index (χ2n) is 4.85. The largest absolute Gasteiger partial charge is 0.354 e. The lowest BCUT2D eigenvalue weighted by Crippen LogP contribution is -2.47. The number of nitrogens with zero attached hydrogens (tertiary/aromatic N) is 3. The predicted molar refractivity (Wildman–Crippen MR) is 75.9 cm³/mol. The van der Waals surface area contributed by atoms with E-state index in [9.17, 15) is 0 Å². The first-order chi connectivity index (χ1) is 8.85. The van der Waals surface area contributed by atoms with E-state index in [4.69, 9.17) is 0 Å². The highest BCUT2D eigenvalue weighted by Gasteiger charge is 2.18. The van der Waals surface area contributed by atoms with Gasteiger partial charge in [0.05, 0.1) is 0 Å². The fourth-order valence-electron chi connectivity index (χ4n) is 2.54. The highest BCUT2D eigenvalue weighted by atomic mass is 15.3. The normalized spacial score (nSPS) is 17.1. The Morgan fingerprint density at radius 3 is 2.72 bits per heavy atom. The summed E-state index contributed by atoms with van der Waals surface area (Å²) in [5.74, 6) is 1.16. The summed E-state index contributed by atoms with van der Waals surface area (Å²) in [6, 6.07) is 4.18. The van der Waals surface area contributed by atoms with Gasteiger partial charge in [-0.2, -0.15) is 0 Å². The molecule has 0 saturated carbocycles. The van der Waals surface area contributed by atoms with Crippen molar-refractivity contribution in [2.45, 2.75) is 19.9 Å². The molecule has 0 bridgehead atoms. The third-order valence-corrected chi connectivity index (χ3v) is 3.45. The number of anilines is 1. The Hall–Kier alpha value is -1.13. The Morgan fingerprint density at radius 1 is 1.28 bits per heavy atom. The molecule has 4 heteroatoms. The maximum absolute atomic E-state index is 4.56. The lowest BCUT2D eigenvalue weighted by atomic mass is 10.2. The van der Waals surface area contributed by atoms with E-state index in [2.05, 4.69) is 33.1 Å². The summed E-state index contributed by atoms with van der Waals surface area (Å²) in [6.07, 6.45) is 3.14. The van der Waals surface area contributed by atoms with Crippen LogP contribution in [0.2, 0.25) is 0 Å². The fourth-order valence-corrected chi connectivity index (χ4v) is 2.54. The maximum Gasteiger partial charge on any atom is 0.133 e. The molecule has 2 rings (SSSR count). The van der Waals surface area contributed by atoms with E-state index in [-0.39, 0.29) is 0 Å². The van der Waals surface area contributed by atoms with Crippen molar-refractivity contribution in [1.29, 1.82) is 0 Å². The van der Waals surface area contributed by atoms with Crippen LogP contribution in [0.4, 0.5) is 5.82 Å². The zero-order chi connectivity index (χ0) is 12.8. The van der Waals surface area contributed by atoms with Crippen LogP contribution in [-0.4, -0.2) is 49.7 Å². The molecular formula is C14H24N4. The molecule has 0 atom stereocenters. The number of hydrogen-bond donors (Lipinski definition) is 1. The van der Waals surface area contributed by atoms with Gasteiger partial charge in [-0.15, -0.1) is 0 Å². The van der Waals surface area contributed by atoms with Gasteiger partial charge in [-0.25, -0.2) is 4.98 Å². The summed E-state index contributed by atoms with van der Waals surface area (Å²) in [7, 11) is 1.98. The number of piperazine rings is 1. The van der Waals surface area contributed by atoms with Gasteiger partial charge in [0.2, 0.25) is 0 Å². The summed E-state index contributed by atoms with van der Waals surface area (Å²) in [6.45, 7) is 8.85. The van der Waals surface area contributed by atoms with Crippen LogP contribution in [0.15, 0.2) is 18.3 Å². The Labute approximate surface area is 110 Å². The molecule has 1 saturated heterocycles. The molecule has 18 heavy (non-hydrogen) atoms. The number of hydrogen-bond acceptors (Lipinski definition) is 4. The van der Waals surface area contributed by atoms with Gasteiger partial charge >= 0.3 is 0 Å². The summed E-state index contributed by atoms with van der Waals surface area (Å²) < 4.78 is 0. The minimum atomic E-state index is 0.887. The zero-order valence-corrected chi connectivity index (χ0v) is 11.5. The molecule has 1 aromatic rings. The van der Waals surface area contributed by atoms with Crippen LogP contribution < -0.4 is 10.2 Å². The minimum Gasteiger partial charge on any atom is -0.354 e. The Morgan fingerprint density at radius 2 is 2.06 bits per heavy atom. The molecule has 0 aromatic carbocycles. The van der Waals surface area contributed by atoms with E-state index in [1.165, 1.54) is 18.5 Å². The zero-order valence-electron chi connectivity index (χ0n) is 11.5. The SMILES string of the molecule is CCCN1CCN(c2ncccc2CNC)CC1. The van der Waals surface area contributed by atoms with Gasteiger partial charge in [-0.1, -0.05) is 13.0 Å². The molecular weight excluding hydrogens is 224 g/mol. The Balaban J connectivity index is 2.00. The summed E-state index contributed by atoms with van der Waals surface area (Å²) in [5.41, 5.74) is 1.30. The summed E-state index contributed by atoms with van der Waals surface area (Å²) >= 11 is 0. The smallest absolute Gasteiger partial charge is 0.133 e. The first-order valence-electron chi connectivity index (χ1n) is 6.91. The highest BCUT2D eigenvalue weighted by molar-refractivity contribution is 5.47. The van der Waals surface area contributed by atoms with Crippen LogP contribution in [0.25, 0.3) is 0 Å². The van der Waals surface area contributed by atoms with Gasteiger partial charge in [0, 0.05) is 44.5 Å². The predicted octanol–water partition coefficient (Wildman–Crippen LogP) is 1.33. The fraction of sp³-hybridized carbons (Fsp3) is 0.643. The van der Waals surface area contributed by atoms with Crippen molar-refractivity contribution in [3.8, 4) is 0 Å². The number of nitrogens with one attached hydrogen (secondary N) is 1. The van der Waals surface area contributed by atoms with Gasteiger partial charge in [-0.05, 0) is 26.1 Å². The molecule has 1 aliphatic rings. The molecule has 100 valence electrons. The molecule has 2 heterocycles. The first-order valence-corrected chi connectivity index (χ1v) is 6.91. The molecule has 0 amide bonds. The quantitative estimate of drug-likeness (QED) is 0.852. The van der Waals surface area contributed by atoms with Crippen molar-refractivity contribution < 1.29 is 0 Å². The van der Waals surface area contributed by atoms with E-state index in [0.29, 0.717) is 0 Å². The topological polar surface area (TPSA) is 31.4 Å². The van der Waals surface area contributed by atoms with E-state index in [1.54, 1.807) is 0 Å². The van der Waals surface area contributed by atoms with E-state index >= 15 is 0 Å². The van der Waals surface area contributed by atoms with Crippen LogP contribution in [0.3, 0.4) is 0 Å². The molecule has 0 spiro atoms. The van der Waals surface area contributed by atoms with Gasteiger partial charge in [0.15, 0.2) is 0 Å². The monoisotopic (exact) mass is 248 g/mol. The third-order valence-electron chi connectivity index (χ3n) is 3.45. The van der Waals surface area contributed by atoms with E-state index in [0.717, 1.165) is 38.5 Å². The van der Waals surface area contributed by atoms with Crippen molar-refractivity contribution in [3.05, 3.63) is 23.9 Å². The van der Waals surface area contributed by atoms with Gasteiger partial charge in [0.1, 0.15) is 5.82 Å². The second kappa shape index (κ2) is 6.71. The standard InChI is InChI=1S/C14H24N4/c1-3-7-17-8-10-18(11-9-17)14-13(12-15-2)5-4-6-16-14/h4-6,15H,3,7-12H2,1-2H3. The molecule has 1 aromatic heterocycles. The van der Waals surface area contributed by atoms with Crippen LogP contribution in [0.5, 0.6) is 0 Å². The second-order valence-corrected chi connectivity index (χ2v) is 4.85. The van der Waals surface area contributed by atoms with Gasteiger partial charge in [0.25, 0.3) is 0 Å². The molecule has 0 aliphatic carbocycles. The maximum atomic E-state index is 4.56. The number of rotatable bonds is 5. The average Bonchev–Trinajstić information content (AvgIpc) is 2.41. The van der Waals surface area contributed by atoms with E-state index in [1.807, 2.05) is 19.3 Å². The summed E-state index contributed by atoms with van der Waals surface area (Å²) in [5, 5.41) is 3.22. The van der Waals surface area contributed by atoms with Crippen molar-refractivity contribution in [2.24, 2.45) is 0 Å². The van der Waals surface area contributed by atoms with Crippen molar-refractivity contribution >= 4 is 5.82 Å². The molecule has 4 nitrogen and oxygen atoms in total. The van der Waals surface area contributed by atoms with Crippen molar-refractivity contribution in [2.75, 3.05) is 44.7 Å². The molecule has 1 fully saturated rings. The number of pyridine rings is 1. The average molecular weight is 248 g/mol. The molecule has 1 N–H and O–H groups in total. The van der Waals surface area contributed by atoms with Crippen LogP contribution in [-0.2, 0) is 6.54 Å². The van der Waals surface area contributed by atoms with Crippen LogP contribution in [0, 0.1) is 0 Å². The first kappa shape index (κ1) is 13.3. The van der Waals surface area contributed by atoms with Crippen molar-refractivity contribution in [3.63, 3.8) is 0 Å². The van der Waals surface area contributed by atoms with Crippen LogP contribution in [0.1, 0.15) is 18.9 Å². The molecule has 0 radical (unpaired) electrons. The summed E-state index contributed by atoms with van der Waals surface area (Å²) in [4.78, 5) is 9.51. The van der Waals surface area contributed by atoms with Crippen LogP contribution >= 0.6 is 0 Å². The Bertz CT molecular complexity index is 359. The van der Waals surface area contributed by atoms with Gasteiger partial charge < -0.3 is 10.2 Å². The minimum absolute atomic E-state index is 0.887. The van der Waals surface area contributed by atoms with Gasteiger partial charge in [-0.3, -0.25) is 4.90 Å². The lowest BCUT2D eigenvalue weighted by molar-refractivity contribution is 0.258. The van der Waals surface area contributed by atoms with Crippen molar-refractivity contribution in [1.82, 2.24) is 15.2 Å². The van der Waals surface area contributed by atoms with E-state index < -0.39 is 0 Å². The molecule has 0 unspecified atom stereocenters. The third kappa shape index (κ3) is 3.21. The lowest BCUT2D eigenvalue weighted by Gasteiger charge is -2.36. The number of aromatic nitrogens is 1. The Kier molecular flexibility index (Phi) is 4.96. The highest BCUT2D eigenvalue weighted by Crippen LogP contribution is 2.18.